The number of carbonyl (C=O) groups excluding carboxylic acids is 3. The molecule has 2 atom stereocenters. The number of nitrogens with one attached hydrogen (secondary N) is 2. The molecule has 2 fully saturated rings. The predicted octanol–water partition coefficient (Wildman–Crippen LogP) is 0.0526. The number of β-lactam (4-membered cyclic amide) rings is 1. The van der Waals surface area contributed by atoms with E-state index in [1.807, 2.05) is 39.2 Å². The third-order valence-electron chi connectivity index (χ3n) is 8.31. The zero-order valence-electron chi connectivity index (χ0n) is 25.1. The van der Waals surface area contributed by atoms with Crippen LogP contribution in [0.1, 0.15) is 29.0 Å². The molecule has 4 N–H and O–H groups in total. The molecule has 2 saturated heterocycles. The number of anilines is 1. The number of nitrogens with zero attached hydrogens (tertiary/aromatic N) is 7. The molecule has 244 valence electrons. The lowest BCUT2D eigenvalue weighted by Gasteiger charge is -2.50. The number of likely N-dealkylation sites (tertiary alicyclic amines) is 1. The number of fused-ring (bicyclic) bond motifs is 2. The van der Waals surface area contributed by atoms with Crippen LogP contribution in [0.4, 0.5) is 5.13 Å². The summed E-state index contributed by atoms with van der Waals surface area (Å²) in [6.45, 7) is 2.71. The highest BCUT2D eigenvalue weighted by Gasteiger charge is 2.53. The average molecular weight is 695 g/mol. The number of thiazole rings is 1. The third-order valence-corrected chi connectivity index (χ3v) is 11.2. The van der Waals surface area contributed by atoms with E-state index in [1.54, 1.807) is 16.7 Å². The van der Waals surface area contributed by atoms with Crippen LogP contribution in [0.25, 0.3) is 5.65 Å². The second-order valence-corrected chi connectivity index (χ2v) is 14.2. The zero-order valence-corrected chi connectivity index (χ0v) is 27.6. The molecular weight excluding hydrogens is 665 g/mol. The van der Waals surface area contributed by atoms with E-state index in [-0.39, 0.29) is 28.8 Å². The fraction of sp³-hybridized carbons (Fsp3) is 0.345. The molecule has 3 aliphatic heterocycles. The van der Waals surface area contributed by atoms with Gasteiger partial charge in [0, 0.05) is 40.0 Å². The fourth-order valence-corrected chi connectivity index (χ4v) is 8.82. The predicted molar refractivity (Wildman–Crippen MR) is 174 cm³/mol. The van der Waals surface area contributed by atoms with E-state index >= 15 is 0 Å². The van der Waals surface area contributed by atoms with E-state index < -0.39 is 29.2 Å². The number of aliphatic carboxylic acids is 1. The van der Waals surface area contributed by atoms with Crippen LogP contribution in [0.15, 0.2) is 57.9 Å². The number of imidazole rings is 1. The number of thiophene rings is 1. The first-order valence-electron chi connectivity index (χ1n) is 14.7. The largest absolute Gasteiger partial charge is 0.543 e. The van der Waals surface area contributed by atoms with Gasteiger partial charge in [-0.15, -0.1) is 39.0 Å². The molecule has 0 aromatic carbocycles. The van der Waals surface area contributed by atoms with Crippen molar-refractivity contribution in [1.29, 1.82) is 5.41 Å². The normalized spacial score (nSPS) is 19.7. The lowest BCUT2D eigenvalue weighted by atomic mass is 10.0. The van der Waals surface area contributed by atoms with Gasteiger partial charge in [-0.1, -0.05) is 5.16 Å². The van der Waals surface area contributed by atoms with Gasteiger partial charge in [-0.3, -0.25) is 19.9 Å². The van der Waals surface area contributed by atoms with Crippen LogP contribution in [-0.4, -0.2) is 90.7 Å². The number of thioether (sulfide) groups is 1. The van der Waals surface area contributed by atoms with Crippen molar-refractivity contribution in [3.05, 3.63) is 68.9 Å². The van der Waals surface area contributed by atoms with Crippen LogP contribution in [0.5, 0.6) is 0 Å². The first kappa shape index (κ1) is 30.9. The Morgan fingerprint density at radius 1 is 1.26 bits per heavy atom. The van der Waals surface area contributed by atoms with Gasteiger partial charge in [-0.25, -0.2) is 14.2 Å². The lowest BCUT2D eigenvalue weighted by Crippen LogP contribution is -2.71. The first-order chi connectivity index (χ1) is 22.7. The van der Waals surface area contributed by atoms with Gasteiger partial charge in [0.05, 0.1) is 30.5 Å². The fourth-order valence-electron chi connectivity index (χ4n) is 6.07. The number of hydrogen-bond donors (Lipinski definition) is 3. The summed E-state index contributed by atoms with van der Waals surface area (Å²) in [5.74, 6) is -1.82. The number of hydrogen-bond acceptors (Lipinski definition) is 12. The number of aromatic nitrogens is 4. The quantitative estimate of drug-likeness (QED) is 0.0677. The van der Waals surface area contributed by atoms with Crippen molar-refractivity contribution in [3.8, 4) is 0 Å². The van der Waals surface area contributed by atoms with Gasteiger partial charge in [0.25, 0.3) is 11.8 Å². The molecule has 2 amide bonds. The number of nitrogen functional groups attached to an aromatic ring is 1. The maximum Gasteiger partial charge on any atom is 0.307 e. The van der Waals surface area contributed by atoms with Gasteiger partial charge in [0.15, 0.2) is 17.0 Å². The number of carboxylic acids is 1. The highest BCUT2D eigenvalue weighted by Crippen LogP contribution is 2.40. The summed E-state index contributed by atoms with van der Waals surface area (Å²) in [7, 11) is 1.28. The first-order valence-corrected chi connectivity index (χ1v) is 17.5. The van der Waals surface area contributed by atoms with Crippen molar-refractivity contribution in [3.63, 3.8) is 0 Å². The van der Waals surface area contributed by atoms with Gasteiger partial charge >= 0.3 is 5.65 Å². The Morgan fingerprint density at radius 2 is 2.06 bits per heavy atom. The van der Waals surface area contributed by atoms with Crippen LogP contribution >= 0.6 is 34.4 Å². The Bertz CT molecular complexity index is 1970. The molecule has 0 bridgehead atoms. The van der Waals surface area contributed by atoms with E-state index in [9.17, 15) is 19.5 Å². The molecule has 0 aliphatic carbocycles. The van der Waals surface area contributed by atoms with Crippen LogP contribution < -0.4 is 20.7 Å². The standard InChI is InChI=1S/C29H30N10O5S3/c1-44-34-21(19-15-47-29(31)32-19)25(40)33-22-26(41)39-23(28(42)43)17(14-46-27(22)39)11-37-7-4-20-36(8-9-38(20)37)12-18-10-16(13-45-18)24(30)35-5-2-3-6-35/h4,7-10,13,15,22,27,30H,2-3,5-6,11-12,14H2,1H3,(H3-,31,32,33,40,42,43)/b30-24?,34-21-/t22-,27-/m1/s1. The number of nitrogens with two attached hydrogens (primary N) is 1. The molecule has 15 nitrogen and oxygen atoms in total. The van der Waals surface area contributed by atoms with Crippen molar-refractivity contribution in [2.24, 2.45) is 5.16 Å². The molecule has 7 heterocycles. The van der Waals surface area contributed by atoms with Crippen molar-refractivity contribution >= 4 is 74.5 Å². The smallest absolute Gasteiger partial charge is 0.307 e. The van der Waals surface area contributed by atoms with Crippen LogP contribution in [0.3, 0.4) is 0 Å². The molecule has 0 spiro atoms. The molecule has 7 rings (SSSR count). The maximum atomic E-state index is 13.3. The van der Waals surface area contributed by atoms with Gasteiger partial charge in [-0.05, 0) is 24.5 Å². The van der Waals surface area contributed by atoms with Gasteiger partial charge in [0.1, 0.15) is 42.8 Å². The topological polar surface area (TPSA) is 190 Å². The Labute approximate surface area is 280 Å². The van der Waals surface area contributed by atoms with E-state index in [2.05, 4.69) is 31.0 Å². The third kappa shape index (κ3) is 5.65. The number of carboxylic acid groups (broad SMARTS) is 1. The highest BCUT2D eigenvalue weighted by atomic mass is 32.2. The Kier molecular flexibility index (Phi) is 8.23. The molecule has 4 aromatic rings. The zero-order chi connectivity index (χ0) is 32.8. The lowest BCUT2D eigenvalue weighted by molar-refractivity contribution is -0.661. The second kappa shape index (κ2) is 12.5. The summed E-state index contributed by atoms with van der Waals surface area (Å²) in [6, 6.07) is 3.06. The summed E-state index contributed by atoms with van der Waals surface area (Å²) < 4.78 is 5.91. The second-order valence-electron chi connectivity index (χ2n) is 11.2. The minimum atomic E-state index is -1.46. The van der Waals surface area contributed by atoms with E-state index in [4.69, 9.17) is 16.0 Å². The minimum absolute atomic E-state index is 0.148. The van der Waals surface area contributed by atoms with Crippen molar-refractivity contribution in [2.75, 3.05) is 31.7 Å². The Morgan fingerprint density at radius 3 is 2.79 bits per heavy atom. The molecule has 3 aliphatic rings. The molecule has 47 heavy (non-hydrogen) atoms. The van der Waals surface area contributed by atoms with E-state index in [0.717, 1.165) is 53.4 Å². The summed E-state index contributed by atoms with van der Waals surface area (Å²) in [6.07, 6.45) is 7.99. The molecule has 18 heteroatoms. The Balaban J connectivity index is 1.06. The van der Waals surface area contributed by atoms with E-state index in [1.165, 1.54) is 23.8 Å². The van der Waals surface area contributed by atoms with Crippen molar-refractivity contribution < 1.29 is 28.9 Å². The minimum Gasteiger partial charge on any atom is -0.543 e. The number of amides is 2. The van der Waals surface area contributed by atoms with E-state index in [0.29, 0.717) is 23.7 Å². The van der Waals surface area contributed by atoms with Gasteiger partial charge < -0.3 is 30.7 Å². The van der Waals surface area contributed by atoms with Crippen LogP contribution in [-0.2, 0) is 32.3 Å². The molecular formula is C29H30N10O5S3. The molecule has 0 saturated carbocycles. The van der Waals surface area contributed by atoms with Crippen molar-refractivity contribution in [2.45, 2.75) is 37.3 Å². The summed E-state index contributed by atoms with van der Waals surface area (Å²) in [4.78, 5) is 52.0. The number of carbonyl (C=O) groups is 3. The van der Waals surface area contributed by atoms with Gasteiger partial charge in [0.2, 0.25) is 0 Å². The number of rotatable bonds is 10. The average Bonchev–Trinajstić information content (AvgIpc) is 3.90. The Hall–Kier alpha value is -4.68. The number of amidine groups is 1. The van der Waals surface area contributed by atoms with Crippen LogP contribution in [0, 0.1) is 5.41 Å². The molecule has 0 radical (unpaired) electrons. The molecule has 0 unspecified atom stereocenters. The van der Waals surface area contributed by atoms with Gasteiger partial charge in [-0.2, -0.15) is 0 Å². The summed E-state index contributed by atoms with van der Waals surface area (Å²) >= 11 is 4.11. The maximum absolute atomic E-state index is 13.3. The van der Waals surface area contributed by atoms with Crippen molar-refractivity contribution in [1.82, 2.24) is 29.3 Å². The molecule has 4 aromatic heterocycles. The number of oxime groups is 1. The monoisotopic (exact) mass is 694 g/mol. The highest BCUT2D eigenvalue weighted by molar-refractivity contribution is 8.00. The van der Waals surface area contributed by atoms with Crippen LogP contribution in [0.2, 0.25) is 0 Å². The summed E-state index contributed by atoms with van der Waals surface area (Å²) in [5, 5.41) is 30.5. The summed E-state index contributed by atoms with van der Waals surface area (Å²) in [5.41, 5.74) is 7.92. The SMILES string of the molecule is CO/N=C(\C(=O)N[C@@H]1C(=O)N2C(C(=O)[O-])=C(Cn3ccc4n3cc[n+]4Cc3cc(C(=N)N4CCCC4)cs3)CS[C@H]12)c1csc(N)n1.